The number of hydrogen-bond donors (Lipinski definition) is 1. The number of nitrogens with one attached hydrogen (secondary N) is 1. The molecule has 0 saturated carbocycles. The van der Waals surface area contributed by atoms with Gasteiger partial charge in [0.2, 0.25) is 0 Å². The Kier molecular flexibility index (Phi) is 6.32. The molecule has 1 N–H and O–H groups in total. The van der Waals surface area contributed by atoms with Gasteiger partial charge in [-0.15, -0.1) is 0 Å². The molecule has 2 unspecified atom stereocenters. The van der Waals surface area contributed by atoms with E-state index in [9.17, 15) is 0 Å². The van der Waals surface area contributed by atoms with E-state index < -0.39 is 0 Å². The van der Waals surface area contributed by atoms with Gasteiger partial charge in [-0.2, -0.15) is 0 Å². The van der Waals surface area contributed by atoms with Gasteiger partial charge in [0.1, 0.15) is 0 Å². The van der Waals surface area contributed by atoms with Gasteiger partial charge in [0.25, 0.3) is 0 Å². The summed E-state index contributed by atoms with van der Waals surface area (Å²) in [6, 6.07) is 1.31. The summed E-state index contributed by atoms with van der Waals surface area (Å²) in [5.41, 5.74) is 0. The van der Waals surface area contributed by atoms with Gasteiger partial charge >= 0.3 is 0 Å². The summed E-state index contributed by atoms with van der Waals surface area (Å²) in [6.45, 7) is 10.3. The van der Waals surface area contributed by atoms with Crippen molar-refractivity contribution in [1.29, 1.82) is 0 Å². The molecule has 16 heavy (non-hydrogen) atoms. The minimum absolute atomic E-state index is 0.495. The maximum atomic E-state index is 5.40. The minimum Gasteiger partial charge on any atom is -0.381 e. The first-order valence-electron chi connectivity index (χ1n) is 6.67. The van der Waals surface area contributed by atoms with Crippen LogP contribution in [0.15, 0.2) is 0 Å². The van der Waals surface area contributed by atoms with Crippen LogP contribution in [0.25, 0.3) is 0 Å². The van der Waals surface area contributed by atoms with Crippen LogP contribution < -0.4 is 5.32 Å². The van der Waals surface area contributed by atoms with Crippen molar-refractivity contribution >= 4 is 0 Å². The van der Waals surface area contributed by atoms with Crippen LogP contribution in [0, 0.1) is 0 Å². The molecule has 96 valence electrons. The summed E-state index contributed by atoms with van der Waals surface area (Å²) in [5, 5.41) is 3.48. The smallest absolute Gasteiger partial charge is 0.0595 e. The maximum Gasteiger partial charge on any atom is 0.0595 e. The predicted molar refractivity (Wildman–Crippen MR) is 68.8 cm³/mol. The van der Waals surface area contributed by atoms with E-state index >= 15 is 0 Å². The number of likely N-dealkylation sites (tertiary alicyclic amines) is 1. The second kappa shape index (κ2) is 7.25. The van der Waals surface area contributed by atoms with Gasteiger partial charge in [0.15, 0.2) is 0 Å². The number of methoxy groups -OCH3 is 1. The standard InChI is InChI=1S/C13H28N2O/c1-5-14-11(2)10-12(3)15-8-6-13(16-4)7-9-15/h11-14H,5-10H2,1-4H3. The van der Waals surface area contributed by atoms with Crippen LogP contribution in [0.1, 0.15) is 40.0 Å². The normalized spacial score (nSPS) is 23.2. The molecule has 0 aromatic rings. The highest BCUT2D eigenvalue weighted by Gasteiger charge is 2.23. The maximum absolute atomic E-state index is 5.40. The highest BCUT2D eigenvalue weighted by atomic mass is 16.5. The molecule has 0 spiro atoms. The summed E-state index contributed by atoms with van der Waals surface area (Å²) in [7, 11) is 1.83. The molecular weight excluding hydrogens is 200 g/mol. The molecule has 1 heterocycles. The van der Waals surface area contributed by atoms with E-state index in [-0.39, 0.29) is 0 Å². The highest BCUT2D eigenvalue weighted by molar-refractivity contribution is 4.78. The summed E-state index contributed by atoms with van der Waals surface area (Å²) in [6.07, 6.45) is 4.12. The lowest BCUT2D eigenvalue weighted by Gasteiger charge is -2.36. The lowest BCUT2D eigenvalue weighted by atomic mass is 10.0. The third-order valence-electron chi connectivity index (χ3n) is 3.68. The van der Waals surface area contributed by atoms with Crippen LogP contribution in [0.3, 0.4) is 0 Å². The Morgan fingerprint density at radius 2 is 1.94 bits per heavy atom. The number of nitrogens with zero attached hydrogens (tertiary/aromatic N) is 1. The average Bonchev–Trinajstić information content (AvgIpc) is 2.29. The van der Waals surface area contributed by atoms with Gasteiger partial charge in [-0.05, 0) is 39.7 Å². The summed E-state index contributed by atoms with van der Waals surface area (Å²) in [4.78, 5) is 2.60. The number of rotatable bonds is 6. The first kappa shape index (κ1) is 13.9. The first-order chi connectivity index (χ1) is 7.67. The van der Waals surface area contributed by atoms with Crippen molar-refractivity contribution in [3.8, 4) is 0 Å². The van der Waals surface area contributed by atoms with Crippen molar-refractivity contribution in [2.24, 2.45) is 0 Å². The average molecular weight is 228 g/mol. The van der Waals surface area contributed by atoms with E-state index in [0.29, 0.717) is 18.2 Å². The Morgan fingerprint density at radius 3 is 2.44 bits per heavy atom. The third kappa shape index (κ3) is 4.40. The van der Waals surface area contributed by atoms with E-state index in [1.165, 1.54) is 32.4 Å². The lowest BCUT2D eigenvalue weighted by molar-refractivity contribution is 0.0274. The van der Waals surface area contributed by atoms with Crippen LogP contribution in [-0.2, 0) is 4.74 Å². The summed E-state index contributed by atoms with van der Waals surface area (Å²) in [5.74, 6) is 0. The molecule has 1 saturated heterocycles. The topological polar surface area (TPSA) is 24.5 Å². The zero-order valence-electron chi connectivity index (χ0n) is 11.3. The van der Waals surface area contributed by atoms with Gasteiger partial charge in [-0.1, -0.05) is 6.92 Å². The molecule has 0 radical (unpaired) electrons. The fraction of sp³-hybridized carbons (Fsp3) is 1.00. The van der Waals surface area contributed by atoms with Crippen molar-refractivity contribution in [2.75, 3.05) is 26.7 Å². The van der Waals surface area contributed by atoms with Gasteiger partial charge in [0.05, 0.1) is 6.10 Å². The van der Waals surface area contributed by atoms with Crippen LogP contribution in [0.5, 0.6) is 0 Å². The number of hydrogen-bond acceptors (Lipinski definition) is 3. The third-order valence-corrected chi connectivity index (χ3v) is 3.68. The number of ether oxygens (including phenoxy) is 1. The molecular formula is C13H28N2O. The van der Waals surface area contributed by atoms with Crippen LogP contribution in [-0.4, -0.2) is 49.8 Å². The molecule has 1 aliphatic rings. The molecule has 0 aliphatic carbocycles. The van der Waals surface area contributed by atoms with Crippen molar-refractivity contribution in [3.05, 3.63) is 0 Å². The van der Waals surface area contributed by atoms with Crippen molar-refractivity contribution < 1.29 is 4.74 Å². The Bertz CT molecular complexity index is 179. The van der Waals surface area contributed by atoms with Crippen LogP contribution in [0.4, 0.5) is 0 Å². The Hall–Kier alpha value is -0.120. The van der Waals surface area contributed by atoms with Gasteiger partial charge in [0, 0.05) is 32.3 Å². The molecule has 2 atom stereocenters. The molecule has 3 nitrogen and oxygen atoms in total. The molecule has 0 amide bonds. The second-order valence-electron chi connectivity index (χ2n) is 5.01. The van der Waals surface area contributed by atoms with Crippen molar-refractivity contribution in [2.45, 2.75) is 58.2 Å². The molecule has 0 aromatic carbocycles. The SMILES string of the molecule is CCNC(C)CC(C)N1CCC(OC)CC1. The first-order valence-corrected chi connectivity index (χ1v) is 6.67. The quantitative estimate of drug-likeness (QED) is 0.751. The second-order valence-corrected chi connectivity index (χ2v) is 5.01. The van der Waals surface area contributed by atoms with Crippen molar-refractivity contribution in [1.82, 2.24) is 10.2 Å². The van der Waals surface area contributed by atoms with Gasteiger partial charge in [-0.25, -0.2) is 0 Å². The molecule has 3 heteroatoms. The fourth-order valence-corrected chi connectivity index (χ4v) is 2.64. The highest BCUT2D eigenvalue weighted by Crippen LogP contribution is 2.17. The zero-order valence-corrected chi connectivity index (χ0v) is 11.3. The van der Waals surface area contributed by atoms with Crippen molar-refractivity contribution in [3.63, 3.8) is 0 Å². The number of piperidine rings is 1. The van der Waals surface area contributed by atoms with E-state index in [4.69, 9.17) is 4.74 Å². The zero-order chi connectivity index (χ0) is 12.0. The minimum atomic E-state index is 0.495. The predicted octanol–water partition coefficient (Wildman–Crippen LogP) is 1.87. The Labute approximate surface area is 101 Å². The Morgan fingerprint density at radius 1 is 1.31 bits per heavy atom. The summed E-state index contributed by atoms with van der Waals surface area (Å²) < 4.78 is 5.40. The largest absolute Gasteiger partial charge is 0.381 e. The molecule has 0 bridgehead atoms. The molecule has 0 aromatic heterocycles. The van der Waals surface area contributed by atoms with E-state index in [1.807, 2.05) is 7.11 Å². The van der Waals surface area contributed by atoms with Gasteiger partial charge < -0.3 is 15.0 Å². The summed E-state index contributed by atoms with van der Waals surface area (Å²) >= 11 is 0. The van der Waals surface area contributed by atoms with E-state index in [1.54, 1.807) is 0 Å². The molecule has 1 fully saturated rings. The lowest BCUT2D eigenvalue weighted by Crippen LogP contribution is -2.44. The molecule has 1 aliphatic heterocycles. The van der Waals surface area contributed by atoms with Crippen LogP contribution >= 0.6 is 0 Å². The van der Waals surface area contributed by atoms with Crippen LogP contribution in [0.2, 0.25) is 0 Å². The van der Waals surface area contributed by atoms with E-state index in [2.05, 4.69) is 31.0 Å². The Balaban J connectivity index is 2.24. The fourth-order valence-electron chi connectivity index (χ4n) is 2.64. The monoisotopic (exact) mass is 228 g/mol. The molecule has 1 rings (SSSR count). The van der Waals surface area contributed by atoms with Gasteiger partial charge in [-0.3, -0.25) is 0 Å². The van der Waals surface area contributed by atoms with E-state index in [0.717, 1.165) is 6.54 Å².